The van der Waals surface area contributed by atoms with Crippen molar-refractivity contribution >= 4 is 28.4 Å². The van der Waals surface area contributed by atoms with E-state index in [9.17, 15) is 0 Å². The molecule has 0 spiro atoms. The fourth-order valence-electron chi connectivity index (χ4n) is 7.78. The van der Waals surface area contributed by atoms with Crippen molar-refractivity contribution in [2.45, 2.75) is 6.04 Å². The van der Waals surface area contributed by atoms with Crippen LogP contribution in [0.5, 0.6) is 0 Å². The molecule has 2 heterocycles. The second-order valence-corrected chi connectivity index (χ2v) is 12.6. The van der Waals surface area contributed by atoms with Crippen molar-refractivity contribution in [3.8, 4) is 17.1 Å². The molecular weight excluding hydrogens is 571 g/mol. The molecule has 4 aromatic carbocycles. The fraction of sp³-hybridized carbons (Fsp3) is 0.0455. The molecule has 10 rings (SSSR count). The number of aliphatic imine (C=N–C) groups is 1. The summed E-state index contributed by atoms with van der Waals surface area (Å²) >= 11 is 0. The molecular formula is C44H29N3. The van der Waals surface area contributed by atoms with Crippen molar-refractivity contribution in [1.82, 2.24) is 9.55 Å². The van der Waals surface area contributed by atoms with Crippen molar-refractivity contribution in [2.75, 3.05) is 0 Å². The fourth-order valence-corrected chi connectivity index (χ4v) is 7.78. The molecule has 3 heteroatoms. The highest BCUT2D eigenvalue weighted by Gasteiger charge is 2.39. The number of hydrogen-bond acceptors (Lipinski definition) is 2. The lowest BCUT2D eigenvalue weighted by molar-refractivity contribution is 0.786. The molecule has 0 bridgehead atoms. The second kappa shape index (κ2) is 10.2. The highest BCUT2D eigenvalue weighted by atomic mass is 15.1. The third-order valence-electron chi connectivity index (χ3n) is 9.96. The number of para-hydroxylation sites is 3. The number of rotatable bonds is 4. The molecule has 1 aliphatic heterocycles. The van der Waals surface area contributed by atoms with E-state index in [1.807, 2.05) is 0 Å². The van der Waals surface area contributed by atoms with Gasteiger partial charge in [-0.3, -0.25) is 9.56 Å². The number of fused-ring (bicyclic) bond motifs is 3. The van der Waals surface area contributed by atoms with Gasteiger partial charge >= 0.3 is 0 Å². The maximum atomic E-state index is 5.12. The van der Waals surface area contributed by atoms with Crippen LogP contribution in [0.4, 0.5) is 0 Å². The van der Waals surface area contributed by atoms with Crippen molar-refractivity contribution < 1.29 is 0 Å². The van der Waals surface area contributed by atoms with Crippen LogP contribution in [0.2, 0.25) is 0 Å². The Kier molecular flexibility index (Phi) is 5.70. The van der Waals surface area contributed by atoms with Crippen LogP contribution in [0.15, 0.2) is 196 Å². The van der Waals surface area contributed by atoms with E-state index in [1.54, 1.807) is 0 Å². The van der Waals surface area contributed by atoms with Gasteiger partial charge in [-0.2, -0.15) is 0 Å². The lowest BCUT2D eigenvalue weighted by atomic mass is 9.65. The van der Waals surface area contributed by atoms with Gasteiger partial charge in [0.15, 0.2) is 0 Å². The maximum absolute atomic E-state index is 5.12. The SMILES string of the molecule is C1=CC(c2ccc(-c3nc4ccccc4n3-c3ccccc3)cc2)=C2C=CC3=C4C(=CC=C1C24)C1N=CC(c2ccccc2)=CC1=C3. The number of allylic oxidation sites excluding steroid dienone is 12. The van der Waals surface area contributed by atoms with Crippen LogP contribution in [0.25, 0.3) is 39.3 Å². The van der Waals surface area contributed by atoms with Gasteiger partial charge in [0.05, 0.1) is 11.0 Å². The molecule has 4 aliphatic carbocycles. The van der Waals surface area contributed by atoms with E-state index in [0.29, 0.717) is 0 Å². The number of benzene rings is 4. The van der Waals surface area contributed by atoms with E-state index in [4.69, 9.17) is 9.98 Å². The van der Waals surface area contributed by atoms with Gasteiger partial charge < -0.3 is 0 Å². The highest BCUT2D eigenvalue weighted by molar-refractivity contribution is 6.12. The van der Waals surface area contributed by atoms with Crippen LogP contribution in [-0.4, -0.2) is 21.8 Å². The van der Waals surface area contributed by atoms with E-state index < -0.39 is 0 Å². The first-order valence-corrected chi connectivity index (χ1v) is 16.2. The molecule has 3 nitrogen and oxygen atoms in total. The number of imidazole rings is 1. The molecule has 0 saturated carbocycles. The first-order valence-electron chi connectivity index (χ1n) is 16.2. The normalized spacial score (nSPS) is 20.4. The van der Waals surface area contributed by atoms with Gasteiger partial charge in [0.25, 0.3) is 0 Å². The van der Waals surface area contributed by atoms with Gasteiger partial charge in [-0.1, -0.05) is 121 Å². The number of hydrogen-bond donors (Lipinski definition) is 0. The highest BCUT2D eigenvalue weighted by Crippen LogP contribution is 2.51. The van der Waals surface area contributed by atoms with Crippen LogP contribution in [0.1, 0.15) is 11.1 Å². The van der Waals surface area contributed by atoms with Gasteiger partial charge in [0.2, 0.25) is 0 Å². The minimum atomic E-state index is 0.0317. The predicted molar refractivity (Wildman–Crippen MR) is 193 cm³/mol. The Morgan fingerprint density at radius 2 is 1.36 bits per heavy atom. The van der Waals surface area contributed by atoms with Crippen LogP contribution in [-0.2, 0) is 0 Å². The summed E-state index contributed by atoms with van der Waals surface area (Å²) in [4.78, 5) is 10.2. The summed E-state index contributed by atoms with van der Waals surface area (Å²) in [6.45, 7) is 0. The molecule has 5 aromatic rings. The molecule has 0 N–H and O–H groups in total. The Hall–Kier alpha value is -6.06. The summed E-state index contributed by atoms with van der Waals surface area (Å²) in [7, 11) is 0. The summed E-state index contributed by atoms with van der Waals surface area (Å²) in [5.41, 5.74) is 17.1. The number of nitrogens with zero attached hydrogens (tertiary/aromatic N) is 3. The zero-order valence-corrected chi connectivity index (χ0v) is 25.6. The molecule has 5 aliphatic rings. The van der Waals surface area contributed by atoms with E-state index in [-0.39, 0.29) is 12.0 Å². The summed E-state index contributed by atoms with van der Waals surface area (Å²) in [5.74, 6) is 1.16. The molecule has 0 radical (unpaired) electrons. The van der Waals surface area contributed by atoms with Crippen LogP contribution in [0.3, 0.4) is 0 Å². The average molecular weight is 600 g/mol. The zero-order valence-electron chi connectivity index (χ0n) is 25.6. The van der Waals surface area contributed by atoms with Crippen LogP contribution >= 0.6 is 0 Å². The molecule has 0 saturated heterocycles. The minimum Gasteiger partial charge on any atom is -0.292 e. The Balaban J connectivity index is 1.04. The number of dihydropyridines is 1. The average Bonchev–Trinajstić information content (AvgIpc) is 3.54. The van der Waals surface area contributed by atoms with Gasteiger partial charge in [-0.05, 0) is 92.1 Å². The Bertz CT molecular complexity index is 2420. The Morgan fingerprint density at radius 3 is 2.21 bits per heavy atom. The zero-order chi connectivity index (χ0) is 30.9. The molecule has 1 aromatic heterocycles. The van der Waals surface area contributed by atoms with Crippen LogP contribution in [0, 0.1) is 5.92 Å². The van der Waals surface area contributed by atoms with E-state index in [1.165, 1.54) is 50.1 Å². The smallest absolute Gasteiger partial charge is 0.145 e. The molecule has 2 atom stereocenters. The molecule has 2 unspecified atom stereocenters. The van der Waals surface area contributed by atoms with Gasteiger partial charge in [0, 0.05) is 23.4 Å². The largest absolute Gasteiger partial charge is 0.292 e. The predicted octanol–water partition coefficient (Wildman–Crippen LogP) is 9.84. The van der Waals surface area contributed by atoms with Gasteiger partial charge in [-0.15, -0.1) is 0 Å². The molecule has 47 heavy (non-hydrogen) atoms. The van der Waals surface area contributed by atoms with E-state index in [0.717, 1.165) is 33.7 Å². The Labute approximate surface area is 273 Å². The van der Waals surface area contributed by atoms with E-state index >= 15 is 0 Å². The summed E-state index contributed by atoms with van der Waals surface area (Å²) in [5, 5.41) is 0. The van der Waals surface area contributed by atoms with E-state index in [2.05, 4.69) is 169 Å². The quantitative estimate of drug-likeness (QED) is 0.202. The monoisotopic (exact) mass is 599 g/mol. The lowest BCUT2D eigenvalue weighted by Gasteiger charge is -2.40. The summed E-state index contributed by atoms with van der Waals surface area (Å²) < 4.78 is 2.26. The third kappa shape index (κ3) is 4.06. The van der Waals surface area contributed by atoms with Crippen molar-refractivity contribution in [3.05, 3.63) is 202 Å². The Morgan fingerprint density at radius 1 is 0.596 bits per heavy atom. The van der Waals surface area contributed by atoms with Crippen molar-refractivity contribution in [2.24, 2.45) is 10.9 Å². The minimum absolute atomic E-state index is 0.0317. The number of aromatic nitrogens is 2. The third-order valence-corrected chi connectivity index (χ3v) is 9.96. The maximum Gasteiger partial charge on any atom is 0.145 e. The second-order valence-electron chi connectivity index (χ2n) is 12.6. The van der Waals surface area contributed by atoms with Crippen molar-refractivity contribution in [3.63, 3.8) is 0 Å². The summed E-state index contributed by atoms with van der Waals surface area (Å²) in [6.07, 6.45) is 20.6. The topological polar surface area (TPSA) is 30.2 Å². The first-order chi connectivity index (χ1) is 23.3. The molecule has 0 fully saturated rings. The van der Waals surface area contributed by atoms with Crippen molar-refractivity contribution in [1.29, 1.82) is 0 Å². The lowest BCUT2D eigenvalue weighted by Crippen LogP contribution is -2.29. The standard InChI is InChI=1S/C44H29N3/c1-3-9-28(10-4-1)34-26-33-25-32-21-23-37-36(22-19-30-20-24-38(42(32)41(30)37)43(33)45-27-34)29-15-17-31(18-16-29)44-46-39-13-7-8-14-40(39)47(44)35-11-5-2-6-12-35/h1-27,41,43H. The molecule has 220 valence electrons. The first kappa shape index (κ1) is 26.2. The molecule has 0 amide bonds. The van der Waals surface area contributed by atoms with Gasteiger partial charge in [0.1, 0.15) is 11.9 Å². The van der Waals surface area contributed by atoms with Crippen LogP contribution < -0.4 is 0 Å². The summed E-state index contributed by atoms with van der Waals surface area (Å²) in [6, 6.07) is 38.4. The van der Waals surface area contributed by atoms with Gasteiger partial charge in [-0.25, -0.2) is 4.98 Å².